The second-order valence-electron chi connectivity index (χ2n) is 28.0. The minimum absolute atomic E-state index is 0.0444. The van der Waals surface area contributed by atoms with Gasteiger partial charge in [0.15, 0.2) is 0 Å². The lowest BCUT2D eigenvalue weighted by Crippen LogP contribution is -2.63. The van der Waals surface area contributed by atoms with E-state index in [-0.39, 0.29) is 61.7 Å². The van der Waals surface area contributed by atoms with E-state index in [1.54, 1.807) is 46.8 Å². The van der Waals surface area contributed by atoms with Gasteiger partial charge in [0.25, 0.3) is 0 Å². The molecule has 1 aromatic carbocycles. The molecule has 0 spiro atoms. The van der Waals surface area contributed by atoms with E-state index in [0.29, 0.717) is 17.2 Å². The van der Waals surface area contributed by atoms with Crippen molar-refractivity contribution < 1.29 is 62.2 Å². The fourth-order valence-corrected chi connectivity index (χ4v) is 13.4. The Labute approximate surface area is 563 Å². The zero-order valence-electron chi connectivity index (χ0n) is 59.9. The van der Waals surface area contributed by atoms with Crippen molar-refractivity contribution in [3.63, 3.8) is 0 Å². The van der Waals surface area contributed by atoms with Crippen LogP contribution in [0, 0.1) is 41.4 Å². The predicted molar refractivity (Wildman–Crippen MR) is 360 cm³/mol. The Morgan fingerprint density at radius 1 is 0.538 bits per heavy atom. The van der Waals surface area contributed by atoms with Crippen molar-refractivity contribution in [3.05, 3.63) is 23.2 Å². The van der Waals surface area contributed by atoms with Crippen LogP contribution in [0.15, 0.2) is 23.1 Å². The van der Waals surface area contributed by atoms with Crippen LogP contribution in [0.4, 0.5) is 0 Å². The van der Waals surface area contributed by atoms with E-state index in [0.717, 1.165) is 9.80 Å². The summed E-state index contributed by atoms with van der Waals surface area (Å²) in [6, 6.07) is -6.82. The second kappa shape index (κ2) is 36.1. The van der Waals surface area contributed by atoms with Gasteiger partial charge in [-0.05, 0) is 112 Å². The largest absolute Gasteiger partial charge is 0.495 e. The van der Waals surface area contributed by atoms with Gasteiger partial charge in [0.1, 0.15) is 71.6 Å². The molecule has 0 bridgehead atoms. The van der Waals surface area contributed by atoms with Crippen molar-refractivity contribution in [2.75, 3.05) is 63.0 Å². The van der Waals surface area contributed by atoms with Crippen LogP contribution in [0.1, 0.15) is 149 Å². The molecule has 11 amide bonds. The van der Waals surface area contributed by atoms with Gasteiger partial charge in [0, 0.05) is 54.2 Å². The SMILES string of the molecule is CC[C@@H]1NC(=O)[C@H]([C@@H]2O[C@@H](Sc3ccc(Cl)c(OC)c3)C[C@H]2C)N(C)C(=O)[C@H](C(C)C)N(C)C(=O)[C@H](CC(C)C)N(C)C(=O)[C@H](CC(C)C)N(C)C(=O)[C@@H](C)NC(=O)[C@H](C)NC(=O)[C@H](CC(C)C)N(C)C(=O)[C@H](C(C)C)NC(=O)[C@H](CC(C)C)N(C)C(=O)CN(C)C1=O. The minimum atomic E-state index is -1.41. The highest BCUT2D eigenvalue weighted by atomic mass is 35.5. The van der Waals surface area contributed by atoms with E-state index in [2.05, 4.69) is 21.3 Å². The molecular formula is C67H112ClN11O13S. The standard InChI is InChI=1S/C67H112ClN11O13S/c1-25-46-63(86)73(17)34-52(80)74(18)47(28-35(2)3)60(83)72-54(39(10)11)66(89)75(19)48(29-36(4)5)59(82)69-42(15)58(81)70-43(16)62(85)76(20)49(30-37(6)7)64(87)77(21)50(31-38(8)9)65(88)78(22)55(40(12)13)67(90)79(23)56(61(84)71-46)57-41(14)32-53(92-57)93-44-26-27-45(68)51(33-44)91-24/h26-27,33,35-43,46-50,53-57H,25,28-32,34H2,1-24H3,(H,69,82)(H,70,81)(H,71,84)(H,72,83)/t41-,42+,43-,46+,47+,48+,49+,50+,53+,54+,55+,56+,57-/m1/s1. The highest BCUT2D eigenvalue weighted by Gasteiger charge is 2.49. The van der Waals surface area contributed by atoms with Crippen LogP contribution in [0.5, 0.6) is 5.75 Å². The zero-order chi connectivity index (χ0) is 71.1. The fourth-order valence-electron chi connectivity index (χ4n) is 12.0. The van der Waals surface area contributed by atoms with Gasteiger partial charge in [-0.25, -0.2) is 0 Å². The summed E-state index contributed by atoms with van der Waals surface area (Å²) in [5, 5.41) is 11.6. The monoisotopic (exact) mass is 1350 g/mol. The molecule has 0 aliphatic carbocycles. The van der Waals surface area contributed by atoms with Crippen LogP contribution in [-0.4, -0.2) is 234 Å². The van der Waals surface area contributed by atoms with Crippen LogP contribution >= 0.6 is 23.4 Å². The lowest BCUT2D eigenvalue weighted by Gasteiger charge is -2.41. The fraction of sp³-hybridized carbons (Fsp3) is 0.746. The predicted octanol–water partition coefficient (Wildman–Crippen LogP) is 5.51. The molecule has 1 aromatic rings. The van der Waals surface area contributed by atoms with Gasteiger partial charge in [0.2, 0.25) is 65.0 Å². The van der Waals surface area contributed by atoms with Gasteiger partial charge in [0.05, 0.1) is 24.8 Å². The molecule has 3 rings (SSSR count). The molecule has 93 heavy (non-hydrogen) atoms. The molecule has 0 radical (unpaired) electrons. The van der Waals surface area contributed by atoms with Crippen LogP contribution < -0.4 is 26.0 Å². The number of rotatable bonds is 15. The Morgan fingerprint density at radius 2 is 1.01 bits per heavy atom. The summed E-state index contributed by atoms with van der Waals surface area (Å²) in [6.07, 6.45) is 0.118. The van der Waals surface area contributed by atoms with Gasteiger partial charge >= 0.3 is 0 Å². The number of carbonyl (C=O) groups excluding carboxylic acids is 11. The molecule has 13 atom stereocenters. The number of benzene rings is 1. The zero-order valence-corrected chi connectivity index (χ0v) is 61.4. The number of thioether (sulfide) groups is 1. The summed E-state index contributed by atoms with van der Waals surface area (Å²) < 4.78 is 12.2. The smallest absolute Gasteiger partial charge is 0.246 e. The van der Waals surface area contributed by atoms with Crippen molar-refractivity contribution in [1.29, 1.82) is 0 Å². The van der Waals surface area contributed by atoms with E-state index < -0.39 is 155 Å². The molecular weight excluding hydrogens is 1230 g/mol. The maximum absolute atomic E-state index is 15.6. The van der Waals surface area contributed by atoms with Crippen molar-refractivity contribution in [3.8, 4) is 5.75 Å². The highest BCUT2D eigenvalue weighted by molar-refractivity contribution is 7.99. The van der Waals surface area contributed by atoms with Gasteiger partial charge < -0.3 is 65.0 Å². The number of nitrogens with zero attached hydrogens (tertiary/aromatic N) is 7. The molecule has 2 fully saturated rings. The van der Waals surface area contributed by atoms with E-state index in [1.807, 2.05) is 68.4 Å². The first kappa shape index (κ1) is 81.0. The quantitative estimate of drug-likeness (QED) is 0.169. The average Bonchev–Trinajstić information content (AvgIpc) is 1.79. The molecule has 2 heterocycles. The first-order valence-corrected chi connectivity index (χ1v) is 34.1. The molecule has 2 aliphatic heterocycles. The maximum Gasteiger partial charge on any atom is 0.246 e. The van der Waals surface area contributed by atoms with Gasteiger partial charge in [-0.3, -0.25) is 52.7 Å². The molecule has 2 aliphatic rings. The Morgan fingerprint density at radius 3 is 1.51 bits per heavy atom. The van der Waals surface area contributed by atoms with E-state index >= 15 is 19.2 Å². The first-order chi connectivity index (χ1) is 43.1. The third kappa shape index (κ3) is 21.7. The number of halogens is 1. The number of amides is 11. The molecule has 526 valence electrons. The van der Waals surface area contributed by atoms with Crippen molar-refractivity contribution >= 4 is 88.3 Å². The number of hydrogen-bond donors (Lipinski definition) is 4. The Balaban J connectivity index is 2.33. The normalized spacial score (nSPS) is 28.0. The molecule has 0 saturated carbocycles. The molecule has 0 aromatic heterocycles. The Hall–Kier alpha value is -6.21. The van der Waals surface area contributed by atoms with Gasteiger partial charge in [-0.1, -0.05) is 120 Å². The van der Waals surface area contributed by atoms with Crippen molar-refractivity contribution in [2.45, 2.75) is 226 Å². The Kier molecular flexibility index (Phi) is 31.4. The molecule has 2 saturated heterocycles. The van der Waals surface area contributed by atoms with E-state index in [1.165, 1.54) is 111 Å². The number of ether oxygens (including phenoxy) is 2. The first-order valence-electron chi connectivity index (χ1n) is 32.8. The Bertz CT molecular complexity index is 2790. The lowest BCUT2D eigenvalue weighted by atomic mass is 9.93. The number of nitrogens with one attached hydrogen (secondary N) is 4. The number of methoxy groups -OCH3 is 1. The van der Waals surface area contributed by atoms with E-state index in [9.17, 15) is 33.6 Å². The lowest BCUT2D eigenvalue weighted by molar-refractivity contribution is -0.157. The van der Waals surface area contributed by atoms with Gasteiger partial charge in [-0.15, -0.1) is 0 Å². The van der Waals surface area contributed by atoms with Crippen LogP contribution in [0.25, 0.3) is 0 Å². The van der Waals surface area contributed by atoms with Crippen LogP contribution in [0.3, 0.4) is 0 Å². The average molecular weight is 1350 g/mol. The molecule has 24 nitrogen and oxygen atoms in total. The summed E-state index contributed by atoms with van der Waals surface area (Å²) in [5.74, 6) is -8.74. The third-order valence-electron chi connectivity index (χ3n) is 17.6. The number of carbonyl (C=O) groups is 11. The third-order valence-corrected chi connectivity index (χ3v) is 19.0. The number of hydrogen-bond acceptors (Lipinski definition) is 14. The number of likely N-dealkylation sites (N-methyl/N-ethyl adjacent to an activating group) is 7. The maximum atomic E-state index is 15.6. The van der Waals surface area contributed by atoms with Crippen molar-refractivity contribution in [1.82, 2.24) is 55.6 Å². The summed E-state index contributed by atoms with van der Waals surface area (Å²) >= 11 is 7.75. The van der Waals surface area contributed by atoms with Crippen LogP contribution in [-0.2, 0) is 57.5 Å². The highest BCUT2D eigenvalue weighted by Crippen LogP contribution is 2.41. The molecule has 0 unspecified atom stereocenters. The minimum Gasteiger partial charge on any atom is -0.495 e. The summed E-state index contributed by atoms with van der Waals surface area (Å²) in [6.45, 7) is 27.9. The molecule has 4 N–H and O–H groups in total. The van der Waals surface area contributed by atoms with Crippen molar-refractivity contribution in [2.24, 2.45) is 41.4 Å². The summed E-state index contributed by atoms with van der Waals surface area (Å²) in [4.78, 5) is 172. The summed E-state index contributed by atoms with van der Waals surface area (Å²) in [5.41, 5.74) is -0.540. The second-order valence-corrected chi connectivity index (χ2v) is 29.6. The van der Waals surface area contributed by atoms with Gasteiger partial charge in [-0.2, -0.15) is 0 Å². The topological polar surface area (TPSA) is 277 Å². The van der Waals surface area contributed by atoms with E-state index in [4.69, 9.17) is 21.1 Å². The molecule has 26 heteroatoms. The van der Waals surface area contributed by atoms with Crippen LogP contribution in [0.2, 0.25) is 5.02 Å². The summed E-state index contributed by atoms with van der Waals surface area (Å²) in [7, 11) is 11.6.